The van der Waals surface area contributed by atoms with E-state index in [0.29, 0.717) is 11.4 Å². The standard InChI is InChI=1S/C22H30N2O8/c1-11(18(25)24-12-9-7-8-10-13(12)27-6)23-19(26)16-14-15(30-21(2,3)29-14)17-20(28-16)32-22(4,5)31-17/h7-11,14-17,20H,1-6H3,(H,23,26)(H,24,25)/t11-,14+,15-,16+,17+,20+/m0/s1. The first-order valence-corrected chi connectivity index (χ1v) is 10.6. The largest absolute Gasteiger partial charge is 0.495 e. The third kappa shape index (κ3) is 4.46. The van der Waals surface area contributed by atoms with Crippen molar-refractivity contribution in [2.75, 3.05) is 12.4 Å². The number of hydrogen-bond donors (Lipinski definition) is 2. The zero-order chi connectivity index (χ0) is 23.3. The summed E-state index contributed by atoms with van der Waals surface area (Å²) in [6, 6.07) is 6.17. The molecule has 3 saturated heterocycles. The SMILES string of the molecule is COc1ccccc1NC(=O)[C@H](C)NC(=O)[C@@H]1O[C@@H]2OC(C)(C)O[C@@H]2[C@H]2OC(C)(C)O[C@H]21. The lowest BCUT2D eigenvalue weighted by molar-refractivity contribution is -0.231. The van der Waals surface area contributed by atoms with E-state index in [0.717, 1.165) is 0 Å². The number of para-hydroxylation sites is 2. The van der Waals surface area contributed by atoms with Gasteiger partial charge < -0.3 is 39.1 Å². The van der Waals surface area contributed by atoms with Crippen LogP contribution in [0, 0.1) is 0 Å². The molecule has 0 aliphatic carbocycles. The van der Waals surface area contributed by atoms with Gasteiger partial charge in [-0.05, 0) is 46.8 Å². The molecule has 1 aromatic rings. The topological polar surface area (TPSA) is 114 Å². The number of carbonyl (C=O) groups excluding carboxylic acids is 2. The van der Waals surface area contributed by atoms with E-state index in [2.05, 4.69) is 10.6 Å². The Bertz CT molecular complexity index is 888. The van der Waals surface area contributed by atoms with E-state index < -0.39 is 60.1 Å². The number of nitrogens with one attached hydrogen (secondary N) is 2. The Kier molecular flexibility index (Phi) is 5.93. The average molecular weight is 450 g/mol. The highest BCUT2D eigenvalue weighted by Gasteiger charge is 2.62. The van der Waals surface area contributed by atoms with Gasteiger partial charge in [0, 0.05) is 0 Å². The van der Waals surface area contributed by atoms with Crippen molar-refractivity contribution in [3.8, 4) is 5.75 Å². The molecule has 6 atom stereocenters. The van der Waals surface area contributed by atoms with Crippen LogP contribution in [-0.4, -0.2) is 67.2 Å². The summed E-state index contributed by atoms with van der Waals surface area (Å²) >= 11 is 0. The van der Waals surface area contributed by atoms with Crippen LogP contribution in [0.3, 0.4) is 0 Å². The zero-order valence-corrected chi connectivity index (χ0v) is 19.0. The van der Waals surface area contributed by atoms with Gasteiger partial charge in [0.2, 0.25) is 5.91 Å². The number of ether oxygens (including phenoxy) is 6. The molecule has 0 spiro atoms. The number of fused-ring (bicyclic) bond motifs is 3. The molecule has 0 saturated carbocycles. The molecular formula is C22H30N2O8. The Morgan fingerprint density at radius 3 is 2.31 bits per heavy atom. The quantitative estimate of drug-likeness (QED) is 0.695. The minimum Gasteiger partial charge on any atom is -0.495 e. The van der Waals surface area contributed by atoms with Crippen molar-refractivity contribution >= 4 is 17.5 Å². The van der Waals surface area contributed by atoms with Crippen molar-refractivity contribution in [3.63, 3.8) is 0 Å². The molecule has 176 valence electrons. The lowest BCUT2D eigenvalue weighted by Gasteiger charge is -2.36. The minimum atomic E-state index is -1.04. The van der Waals surface area contributed by atoms with E-state index >= 15 is 0 Å². The molecule has 1 aromatic carbocycles. The molecule has 0 radical (unpaired) electrons. The van der Waals surface area contributed by atoms with Crippen molar-refractivity contribution in [2.45, 2.75) is 82.9 Å². The number of carbonyl (C=O) groups is 2. The molecular weight excluding hydrogens is 420 g/mol. The van der Waals surface area contributed by atoms with Gasteiger partial charge in [-0.2, -0.15) is 0 Å². The van der Waals surface area contributed by atoms with E-state index in [1.54, 1.807) is 58.9 Å². The van der Waals surface area contributed by atoms with Crippen molar-refractivity contribution < 1.29 is 38.0 Å². The monoisotopic (exact) mass is 450 g/mol. The lowest BCUT2D eigenvalue weighted by atomic mass is 9.98. The number of methoxy groups -OCH3 is 1. The molecule has 2 N–H and O–H groups in total. The summed E-state index contributed by atoms with van der Waals surface area (Å²) in [6.07, 6.45) is -3.64. The molecule has 10 heteroatoms. The maximum atomic E-state index is 13.1. The van der Waals surface area contributed by atoms with Gasteiger partial charge in [-0.1, -0.05) is 12.1 Å². The molecule has 3 aliphatic rings. The van der Waals surface area contributed by atoms with Crippen LogP contribution in [-0.2, 0) is 33.3 Å². The van der Waals surface area contributed by atoms with Crippen LogP contribution in [0.4, 0.5) is 5.69 Å². The van der Waals surface area contributed by atoms with Gasteiger partial charge in [0.25, 0.3) is 5.91 Å². The second-order valence-electron chi connectivity index (χ2n) is 9.01. The number of hydrogen-bond acceptors (Lipinski definition) is 8. The Balaban J connectivity index is 1.45. The van der Waals surface area contributed by atoms with E-state index in [-0.39, 0.29) is 0 Å². The molecule has 3 aliphatic heterocycles. The summed E-state index contributed by atoms with van der Waals surface area (Å²) in [5.74, 6) is -2.20. The predicted molar refractivity (Wildman–Crippen MR) is 112 cm³/mol. The summed E-state index contributed by atoms with van der Waals surface area (Å²) in [6.45, 7) is 8.65. The fourth-order valence-corrected chi connectivity index (χ4v) is 4.17. The molecule has 32 heavy (non-hydrogen) atoms. The highest BCUT2D eigenvalue weighted by Crippen LogP contribution is 2.44. The van der Waals surface area contributed by atoms with Gasteiger partial charge >= 0.3 is 0 Å². The van der Waals surface area contributed by atoms with Gasteiger partial charge in [0.1, 0.15) is 30.1 Å². The van der Waals surface area contributed by atoms with Crippen molar-refractivity contribution in [1.29, 1.82) is 0 Å². The van der Waals surface area contributed by atoms with E-state index in [4.69, 9.17) is 28.4 Å². The van der Waals surface area contributed by atoms with Gasteiger partial charge in [-0.3, -0.25) is 9.59 Å². The minimum absolute atomic E-state index is 0.404. The average Bonchev–Trinajstić information content (AvgIpc) is 3.21. The number of amides is 2. The first kappa shape index (κ1) is 22.9. The fraction of sp³-hybridized carbons (Fsp3) is 0.636. The van der Waals surface area contributed by atoms with Crippen molar-refractivity contribution in [2.24, 2.45) is 0 Å². The zero-order valence-electron chi connectivity index (χ0n) is 19.0. The van der Waals surface area contributed by atoms with Gasteiger partial charge in [-0.25, -0.2) is 0 Å². The first-order chi connectivity index (χ1) is 15.0. The van der Waals surface area contributed by atoms with Crippen LogP contribution < -0.4 is 15.4 Å². The molecule has 2 amide bonds. The second kappa shape index (κ2) is 8.27. The summed E-state index contributed by atoms with van der Waals surface area (Å²) in [4.78, 5) is 25.8. The maximum absolute atomic E-state index is 13.1. The summed E-state index contributed by atoms with van der Waals surface area (Å²) in [5, 5.41) is 5.46. The van der Waals surface area contributed by atoms with Crippen LogP contribution in [0.5, 0.6) is 5.75 Å². The fourth-order valence-electron chi connectivity index (χ4n) is 4.17. The van der Waals surface area contributed by atoms with Crippen LogP contribution in [0.15, 0.2) is 24.3 Å². The van der Waals surface area contributed by atoms with Gasteiger partial charge in [-0.15, -0.1) is 0 Å². The van der Waals surface area contributed by atoms with E-state index in [1.165, 1.54) is 7.11 Å². The Morgan fingerprint density at radius 1 is 0.969 bits per heavy atom. The Hall–Kier alpha value is -2.24. The number of benzene rings is 1. The van der Waals surface area contributed by atoms with Crippen LogP contribution in [0.2, 0.25) is 0 Å². The molecule has 0 bridgehead atoms. The molecule has 0 aromatic heterocycles. The van der Waals surface area contributed by atoms with Gasteiger partial charge in [0.15, 0.2) is 24.0 Å². The molecule has 4 rings (SSSR count). The molecule has 3 fully saturated rings. The van der Waals surface area contributed by atoms with Crippen molar-refractivity contribution in [1.82, 2.24) is 5.32 Å². The van der Waals surface area contributed by atoms with Crippen LogP contribution >= 0.6 is 0 Å². The third-order valence-corrected chi connectivity index (χ3v) is 5.53. The highest BCUT2D eigenvalue weighted by molar-refractivity contribution is 5.98. The Labute approximate surface area is 186 Å². The molecule has 10 nitrogen and oxygen atoms in total. The lowest BCUT2D eigenvalue weighted by Crippen LogP contribution is -2.60. The summed E-state index contributed by atoms with van der Waals surface area (Å²) in [5.41, 5.74) is 0.505. The van der Waals surface area contributed by atoms with Crippen LogP contribution in [0.25, 0.3) is 0 Å². The number of rotatable bonds is 5. The first-order valence-electron chi connectivity index (χ1n) is 10.6. The van der Waals surface area contributed by atoms with E-state index in [9.17, 15) is 9.59 Å². The summed E-state index contributed by atoms with van der Waals surface area (Å²) < 4.78 is 34.9. The predicted octanol–water partition coefficient (Wildman–Crippen LogP) is 1.53. The highest BCUT2D eigenvalue weighted by atomic mass is 16.9. The second-order valence-corrected chi connectivity index (χ2v) is 9.01. The Morgan fingerprint density at radius 2 is 1.59 bits per heavy atom. The maximum Gasteiger partial charge on any atom is 0.252 e. The molecule has 0 unspecified atom stereocenters. The smallest absolute Gasteiger partial charge is 0.252 e. The molecule has 3 heterocycles. The van der Waals surface area contributed by atoms with Crippen LogP contribution in [0.1, 0.15) is 34.6 Å². The normalized spacial score (nSPS) is 33.0. The third-order valence-electron chi connectivity index (χ3n) is 5.53. The summed E-state index contributed by atoms with van der Waals surface area (Å²) in [7, 11) is 1.52. The van der Waals surface area contributed by atoms with Crippen molar-refractivity contribution in [3.05, 3.63) is 24.3 Å². The number of anilines is 1. The van der Waals surface area contributed by atoms with E-state index in [1.807, 2.05) is 0 Å². The van der Waals surface area contributed by atoms with Gasteiger partial charge in [0.05, 0.1) is 12.8 Å².